The van der Waals surface area contributed by atoms with Crippen molar-refractivity contribution in [1.82, 2.24) is 4.90 Å². The molecule has 0 aromatic rings. The lowest BCUT2D eigenvalue weighted by Crippen LogP contribution is -2.63. The molecule has 0 unspecified atom stereocenters. The van der Waals surface area contributed by atoms with Crippen LogP contribution >= 0.6 is 0 Å². The molecule has 3 aliphatic rings. The van der Waals surface area contributed by atoms with Crippen LogP contribution in [0.3, 0.4) is 0 Å². The van der Waals surface area contributed by atoms with Crippen LogP contribution in [0.1, 0.15) is 45.4 Å². The predicted molar refractivity (Wildman–Crippen MR) is 56.6 cm³/mol. The van der Waals surface area contributed by atoms with Crippen molar-refractivity contribution in [1.29, 1.82) is 0 Å². The summed E-state index contributed by atoms with van der Waals surface area (Å²) in [5.74, 6) is 0.593. The summed E-state index contributed by atoms with van der Waals surface area (Å²) in [5.41, 5.74) is 0.188. The number of hydrogen-bond acceptors (Lipinski definition) is 2. The molecule has 1 spiro atoms. The van der Waals surface area contributed by atoms with Gasteiger partial charge in [-0.3, -0.25) is 0 Å². The second-order valence-electron chi connectivity index (χ2n) is 5.30. The molecule has 3 fully saturated rings. The molecule has 0 N–H and O–H groups in total. The van der Waals surface area contributed by atoms with E-state index in [1.165, 1.54) is 32.1 Å². The van der Waals surface area contributed by atoms with Crippen LogP contribution in [-0.4, -0.2) is 29.2 Å². The lowest BCUT2D eigenvalue weighted by Gasteiger charge is -2.53. The summed E-state index contributed by atoms with van der Waals surface area (Å²) >= 11 is 0. The molecule has 84 valence electrons. The maximum Gasteiger partial charge on any atom is 0.410 e. The molecule has 15 heavy (non-hydrogen) atoms. The van der Waals surface area contributed by atoms with Crippen molar-refractivity contribution >= 4 is 6.09 Å². The number of carbonyl (C=O) groups is 1. The van der Waals surface area contributed by atoms with E-state index in [-0.39, 0.29) is 17.7 Å². The number of amides is 1. The lowest BCUT2D eigenvalue weighted by atomic mass is 9.75. The zero-order chi connectivity index (χ0) is 10.5. The van der Waals surface area contributed by atoms with Gasteiger partial charge in [-0.25, -0.2) is 4.79 Å². The average molecular weight is 209 g/mol. The van der Waals surface area contributed by atoms with Crippen LogP contribution in [0.2, 0.25) is 0 Å². The van der Waals surface area contributed by atoms with Gasteiger partial charge in [-0.2, -0.15) is 0 Å². The van der Waals surface area contributed by atoms with Gasteiger partial charge in [0.25, 0.3) is 0 Å². The lowest BCUT2D eigenvalue weighted by molar-refractivity contribution is -0.0861. The van der Waals surface area contributed by atoms with Gasteiger partial charge in [-0.1, -0.05) is 6.42 Å². The van der Waals surface area contributed by atoms with Crippen LogP contribution in [0.15, 0.2) is 0 Å². The van der Waals surface area contributed by atoms with E-state index >= 15 is 0 Å². The molecule has 0 aromatic heterocycles. The van der Waals surface area contributed by atoms with Crippen molar-refractivity contribution < 1.29 is 9.53 Å². The molecule has 2 aliphatic heterocycles. The van der Waals surface area contributed by atoms with Gasteiger partial charge in [0.05, 0.1) is 5.54 Å². The topological polar surface area (TPSA) is 29.5 Å². The quantitative estimate of drug-likeness (QED) is 0.613. The fourth-order valence-electron chi connectivity index (χ4n) is 4.04. The summed E-state index contributed by atoms with van der Waals surface area (Å²) in [6.45, 7) is 2.99. The Morgan fingerprint density at radius 2 is 2.13 bits per heavy atom. The van der Waals surface area contributed by atoms with Crippen molar-refractivity contribution in [2.75, 3.05) is 6.54 Å². The maximum absolute atomic E-state index is 11.9. The summed E-state index contributed by atoms with van der Waals surface area (Å²) in [4.78, 5) is 13.9. The Kier molecular flexibility index (Phi) is 1.98. The first-order valence-corrected chi connectivity index (χ1v) is 6.22. The van der Waals surface area contributed by atoms with Crippen molar-refractivity contribution in [2.24, 2.45) is 5.92 Å². The van der Waals surface area contributed by atoms with Gasteiger partial charge in [0, 0.05) is 12.5 Å². The molecule has 3 heteroatoms. The third-order valence-corrected chi connectivity index (χ3v) is 4.67. The molecule has 2 heterocycles. The van der Waals surface area contributed by atoms with E-state index in [0.29, 0.717) is 5.92 Å². The van der Waals surface area contributed by atoms with Crippen molar-refractivity contribution in [3.8, 4) is 0 Å². The maximum atomic E-state index is 11.9. The number of carbonyl (C=O) groups excluding carboxylic acids is 1. The number of hydrogen-bond donors (Lipinski definition) is 0. The number of cyclic esters (lactones) is 1. The molecule has 2 saturated heterocycles. The highest BCUT2D eigenvalue weighted by Gasteiger charge is 2.56. The highest BCUT2D eigenvalue weighted by atomic mass is 16.6. The Labute approximate surface area is 90.8 Å². The van der Waals surface area contributed by atoms with E-state index in [9.17, 15) is 4.79 Å². The molecule has 1 amide bonds. The Hall–Kier alpha value is -0.730. The van der Waals surface area contributed by atoms with Crippen molar-refractivity contribution in [3.63, 3.8) is 0 Å². The Morgan fingerprint density at radius 1 is 1.33 bits per heavy atom. The smallest absolute Gasteiger partial charge is 0.410 e. The molecule has 0 aromatic carbocycles. The molecule has 0 bridgehead atoms. The summed E-state index contributed by atoms with van der Waals surface area (Å²) < 4.78 is 5.45. The highest BCUT2D eigenvalue weighted by Crippen LogP contribution is 2.50. The number of nitrogens with zero attached hydrogens (tertiary/aromatic N) is 1. The zero-order valence-electron chi connectivity index (χ0n) is 9.37. The summed E-state index contributed by atoms with van der Waals surface area (Å²) in [7, 11) is 0. The van der Waals surface area contributed by atoms with Gasteiger partial charge in [-0.15, -0.1) is 0 Å². The minimum absolute atomic E-state index is 0.0552. The van der Waals surface area contributed by atoms with Gasteiger partial charge in [-0.05, 0) is 39.0 Å². The van der Waals surface area contributed by atoms with Gasteiger partial charge in [0.1, 0.15) is 6.10 Å². The molecule has 3 rings (SSSR count). The van der Waals surface area contributed by atoms with Crippen LogP contribution in [0.25, 0.3) is 0 Å². The monoisotopic (exact) mass is 209 g/mol. The number of piperidine rings is 1. The predicted octanol–water partition coefficient (Wildman–Crippen LogP) is 2.55. The Morgan fingerprint density at radius 3 is 3.00 bits per heavy atom. The Bertz CT molecular complexity index is 291. The van der Waals surface area contributed by atoms with E-state index in [4.69, 9.17) is 4.74 Å². The molecule has 1 saturated carbocycles. The zero-order valence-corrected chi connectivity index (χ0v) is 9.37. The van der Waals surface area contributed by atoms with Crippen molar-refractivity contribution in [2.45, 2.75) is 57.1 Å². The van der Waals surface area contributed by atoms with Crippen LogP contribution in [0.4, 0.5) is 4.79 Å². The van der Waals surface area contributed by atoms with Gasteiger partial charge < -0.3 is 9.64 Å². The molecular weight excluding hydrogens is 190 g/mol. The van der Waals surface area contributed by atoms with Gasteiger partial charge >= 0.3 is 6.09 Å². The van der Waals surface area contributed by atoms with Gasteiger partial charge in [0.15, 0.2) is 0 Å². The molecular formula is C12H19NO2. The normalized spacial score (nSPS) is 44.6. The van der Waals surface area contributed by atoms with Crippen LogP contribution < -0.4 is 0 Å². The first-order valence-electron chi connectivity index (χ1n) is 6.22. The second kappa shape index (κ2) is 3.13. The fraction of sp³-hybridized carbons (Fsp3) is 0.917. The number of ether oxygens (including phenoxy) is 1. The fourth-order valence-corrected chi connectivity index (χ4v) is 4.04. The first-order chi connectivity index (χ1) is 7.24. The van der Waals surface area contributed by atoms with Crippen LogP contribution in [0.5, 0.6) is 0 Å². The molecule has 3 nitrogen and oxygen atoms in total. The van der Waals surface area contributed by atoms with Crippen LogP contribution in [0, 0.1) is 5.92 Å². The second-order valence-corrected chi connectivity index (χ2v) is 5.30. The average Bonchev–Trinajstić information content (AvgIpc) is 2.62. The third kappa shape index (κ3) is 1.15. The van der Waals surface area contributed by atoms with Crippen LogP contribution in [-0.2, 0) is 4.74 Å². The van der Waals surface area contributed by atoms with E-state index in [1.54, 1.807) is 0 Å². The van der Waals surface area contributed by atoms with E-state index < -0.39 is 0 Å². The highest BCUT2D eigenvalue weighted by molar-refractivity contribution is 5.70. The summed E-state index contributed by atoms with van der Waals surface area (Å²) in [6.07, 6.45) is 7.43. The molecule has 0 radical (unpaired) electrons. The molecule has 3 atom stereocenters. The first kappa shape index (κ1) is 9.49. The number of rotatable bonds is 0. The SMILES string of the molecule is C[C@H]1OC(=O)N2CCCC[C@]23CCC[C@H]13. The Balaban J connectivity index is 1.98. The van der Waals surface area contributed by atoms with Gasteiger partial charge in [0.2, 0.25) is 0 Å². The largest absolute Gasteiger partial charge is 0.446 e. The van der Waals surface area contributed by atoms with E-state index in [2.05, 4.69) is 6.92 Å². The van der Waals surface area contributed by atoms with E-state index in [0.717, 1.165) is 13.0 Å². The minimum atomic E-state index is -0.0552. The standard InChI is InChI=1S/C12H19NO2/c1-9-10-5-4-7-12(10)6-2-3-8-13(12)11(14)15-9/h9-10H,2-8H2,1H3/t9-,10-,12-/m1/s1. The van der Waals surface area contributed by atoms with Crippen molar-refractivity contribution in [3.05, 3.63) is 0 Å². The summed E-state index contributed by atoms with van der Waals surface area (Å²) in [5, 5.41) is 0. The minimum Gasteiger partial charge on any atom is -0.446 e. The summed E-state index contributed by atoms with van der Waals surface area (Å²) in [6, 6.07) is 0. The molecule has 1 aliphatic carbocycles. The van der Waals surface area contributed by atoms with E-state index in [1.807, 2.05) is 4.90 Å². The third-order valence-electron chi connectivity index (χ3n) is 4.67.